The topological polar surface area (TPSA) is 101 Å². The van der Waals surface area contributed by atoms with E-state index in [1.54, 1.807) is 20.9 Å². The molecule has 0 aliphatic carbocycles. The van der Waals surface area contributed by atoms with Crippen molar-refractivity contribution in [1.29, 1.82) is 0 Å². The average molecular weight is 441 g/mol. The fourth-order valence-electron chi connectivity index (χ4n) is 4.00. The first-order chi connectivity index (χ1) is 13.4. The van der Waals surface area contributed by atoms with Crippen molar-refractivity contribution in [3.8, 4) is 0 Å². The number of anilines is 1. The largest absolute Gasteiger partial charge is 0.280 e. The summed E-state index contributed by atoms with van der Waals surface area (Å²) in [5, 5.41) is 4.14. The highest BCUT2D eigenvalue weighted by Gasteiger charge is 2.31. The molecule has 0 radical (unpaired) electrons. The van der Waals surface area contributed by atoms with Gasteiger partial charge in [0.2, 0.25) is 10.0 Å². The standard InChI is InChI=1S/C19H28N4O4S2/c1-13-10-14(2)12-23(11-13)29(26,27)18-8-6-17(7-9-18)21-28(24,25)19-15(3)20-22(5)16(19)4/h6-9,13-14,21H,10-12H2,1-5H3. The predicted octanol–water partition coefficient (Wildman–Crippen LogP) is 2.50. The highest BCUT2D eigenvalue weighted by molar-refractivity contribution is 7.92. The van der Waals surface area contributed by atoms with Crippen LogP contribution in [0.4, 0.5) is 5.69 Å². The quantitative estimate of drug-likeness (QED) is 0.770. The first-order valence-corrected chi connectivity index (χ1v) is 12.5. The Balaban J connectivity index is 1.83. The van der Waals surface area contributed by atoms with Gasteiger partial charge in [0.05, 0.1) is 16.3 Å². The van der Waals surface area contributed by atoms with E-state index in [9.17, 15) is 16.8 Å². The average Bonchev–Trinajstić information content (AvgIpc) is 2.87. The summed E-state index contributed by atoms with van der Waals surface area (Å²) >= 11 is 0. The number of nitrogens with zero attached hydrogens (tertiary/aromatic N) is 3. The van der Waals surface area contributed by atoms with E-state index in [0.717, 1.165) is 6.42 Å². The third-order valence-electron chi connectivity index (χ3n) is 5.29. The van der Waals surface area contributed by atoms with Crippen molar-refractivity contribution in [2.75, 3.05) is 17.8 Å². The van der Waals surface area contributed by atoms with Crippen LogP contribution < -0.4 is 4.72 Å². The van der Waals surface area contributed by atoms with E-state index < -0.39 is 20.0 Å². The lowest BCUT2D eigenvalue weighted by Gasteiger charge is -2.34. The fraction of sp³-hybridized carbons (Fsp3) is 0.526. The Morgan fingerprint density at radius 3 is 2.03 bits per heavy atom. The molecule has 1 fully saturated rings. The van der Waals surface area contributed by atoms with E-state index in [1.807, 2.05) is 0 Å². The molecule has 1 aromatic carbocycles. The number of aromatic nitrogens is 2. The summed E-state index contributed by atoms with van der Waals surface area (Å²) in [5.74, 6) is 0.621. The lowest BCUT2D eigenvalue weighted by atomic mass is 9.94. The third-order valence-corrected chi connectivity index (χ3v) is 8.77. The highest BCUT2D eigenvalue weighted by Crippen LogP contribution is 2.28. The van der Waals surface area contributed by atoms with Gasteiger partial charge in [0, 0.05) is 25.8 Å². The number of hydrogen-bond donors (Lipinski definition) is 1. The zero-order chi connectivity index (χ0) is 21.6. The molecule has 3 rings (SSSR count). The number of rotatable bonds is 5. The van der Waals surface area contributed by atoms with Crippen molar-refractivity contribution < 1.29 is 16.8 Å². The van der Waals surface area contributed by atoms with Gasteiger partial charge in [-0.25, -0.2) is 16.8 Å². The molecule has 1 N–H and O–H groups in total. The van der Waals surface area contributed by atoms with Crippen molar-refractivity contribution in [3.63, 3.8) is 0 Å². The molecular weight excluding hydrogens is 412 g/mol. The van der Waals surface area contributed by atoms with E-state index >= 15 is 0 Å². The maximum atomic E-state index is 13.0. The molecule has 160 valence electrons. The summed E-state index contributed by atoms with van der Waals surface area (Å²) in [4.78, 5) is 0.295. The van der Waals surface area contributed by atoms with Crippen LogP contribution in [0.5, 0.6) is 0 Å². The van der Waals surface area contributed by atoms with E-state index in [0.29, 0.717) is 42.0 Å². The van der Waals surface area contributed by atoms with Crippen molar-refractivity contribution in [1.82, 2.24) is 14.1 Å². The van der Waals surface area contributed by atoms with Gasteiger partial charge in [-0.05, 0) is 56.4 Å². The first kappa shape index (κ1) is 21.8. The molecule has 10 heteroatoms. The van der Waals surface area contributed by atoms with Gasteiger partial charge in [0.25, 0.3) is 10.0 Å². The molecule has 0 spiro atoms. The van der Waals surface area contributed by atoms with Gasteiger partial charge in [-0.3, -0.25) is 9.40 Å². The Morgan fingerprint density at radius 2 is 1.55 bits per heavy atom. The van der Waals surface area contributed by atoms with Gasteiger partial charge < -0.3 is 0 Å². The van der Waals surface area contributed by atoms with E-state index in [1.165, 1.54) is 33.3 Å². The molecule has 0 bridgehead atoms. The van der Waals surface area contributed by atoms with E-state index in [4.69, 9.17) is 0 Å². The molecule has 0 saturated carbocycles. The summed E-state index contributed by atoms with van der Waals surface area (Å²) in [6, 6.07) is 5.84. The number of sulfonamides is 2. The van der Waals surface area contributed by atoms with Gasteiger partial charge in [-0.15, -0.1) is 0 Å². The highest BCUT2D eigenvalue weighted by atomic mass is 32.2. The second kappa shape index (κ2) is 7.73. The van der Waals surface area contributed by atoms with Crippen LogP contribution in [0.1, 0.15) is 31.7 Å². The lowest BCUT2D eigenvalue weighted by molar-refractivity contribution is 0.222. The van der Waals surface area contributed by atoms with Crippen LogP contribution in [-0.2, 0) is 27.1 Å². The van der Waals surface area contributed by atoms with Crippen LogP contribution >= 0.6 is 0 Å². The van der Waals surface area contributed by atoms with Crippen LogP contribution in [0.15, 0.2) is 34.1 Å². The maximum Gasteiger partial charge on any atom is 0.265 e. The number of hydrogen-bond acceptors (Lipinski definition) is 5. The van der Waals surface area contributed by atoms with Crippen molar-refractivity contribution in [2.45, 2.75) is 43.9 Å². The monoisotopic (exact) mass is 440 g/mol. The molecule has 8 nitrogen and oxygen atoms in total. The van der Waals surface area contributed by atoms with E-state index in [-0.39, 0.29) is 9.79 Å². The molecule has 1 aliphatic rings. The SMILES string of the molecule is Cc1nn(C)c(C)c1S(=O)(=O)Nc1ccc(S(=O)(=O)N2CC(C)CC(C)C2)cc1. The maximum absolute atomic E-state index is 13.0. The van der Waals surface area contributed by atoms with Crippen LogP contribution in [0, 0.1) is 25.7 Å². The van der Waals surface area contributed by atoms with Crippen LogP contribution in [-0.4, -0.2) is 44.0 Å². The minimum atomic E-state index is -3.83. The minimum absolute atomic E-state index is 0.132. The number of benzene rings is 1. The molecule has 2 heterocycles. The van der Waals surface area contributed by atoms with Gasteiger partial charge in [-0.2, -0.15) is 9.40 Å². The summed E-state index contributed by atoms with van der Waals surface area (Å²) in [6.45, 7) is 8.43. The molecule has 2 unspecified atom stereocenters. The van der Waals surface area contributed by atoms with Crippen LogP contribution in [0.3, 0.4) is 0 Å². The van der Waals surface area contributed by atoms with Crippen molar-refractivity contribution >= 4 is 25.7 Å². The second-order valence-corrected chi connectivity index (χ2v) is 11.6. The molecule has 1 aromatic heterocycles. The Hall–Kier alpha value is -1.91. The van der Waals surface area contributed by atoms with Gasteiger partial charge >= 0.3 is 0 Å². The Morgan fingerprint density at radius 1 is 1.00 bits per heavy atom. The van der Waals surface area contributed by atoms with Gasteiger partial charge in [-0.1, -0.05) is 13.8 Å². The summed E-state index contributed by atoms with van der Waals surface area (Å²) in [5.41, 5.74) is 1.24. The number of nitrogens with one attached hydrogen (secondary N) is 1. The van der Waals surface area contributed by atoms with Crippen LogP contribution in [0.2, 0.25) is 0 Å². The van der Waals surface area contributed by atoms with Crippen molar-refractivity contribution in [2.24, 2.45) is 18.9 Å². The lowest BCUT2D eigenvalue weighted by Crippen LogP contribution is -2.42. The van der Waals surface area contributed by atoms with Gasteiger partial charge in [0.1, 0.15) is 4.90 Å². The minimum Gasteiger partial charge on any atom is -0.280 e. The second-order valence-electron chi connectivity index (χ2n) is 8.02. The first-order valence-electron chi connectivity index (χ1n) is 9.55. The molecule has 2 aromatic rings. The van der Waals surface area contributed by atoms with Crippen molar-refractivity contribution in [3.05, 3.63) is 35.7 Å². The predicted molar refractivity (Wildman–Crippen MR) is 112 cm³/mol. The van der Waals surface area contributed by atoms with Crippen LogP contribution in [0.25, 0.3) is 0 Å². The number of piperidine rings is 1. The molecule has 0 amide bonds. The molecule has 29 heavy (non-hydrogen) atoms. The Bertz CT molecular complexity index is 1100. The molecule has 1 aliphatic heterocycles. The Kier molecular flexibility index (Phi) is 5.81. The van der Waals surface area contributed by atoms with E-state index in [2.05, 4.69) is 23.7 Å². The summed E-state index contributed by atoms with van der Waals surface area (Å²) in [7, 11) is -5.75. The summed E-state index contributed by atoms with van der Waals surface area (Å²) < 4.78 is 57.0. The molecule has 1 saturated heterocycles. The zero-order valence-corrected chi connectivity index (χ0v) is 19.0. The smallest absolute Gasteiger partial charge is 0.265 e. The Labute approximate surface area is 173 Å². The van der Waals surface area contributed by atoms with Gasteiger partial charge in [0.15, 0.2) is 0 Å². The zero-order valence-electron chi connectivity index (χ0n) is 17.4. The third kappa shape index (κ3) is 4.34. The normalized spacial score (nSPS) is 21.3. The molecule has 2 atom stereocenters. The number of aryl methyl sites for hydroxylation is 2. The molecular formula is C19H28N4O4S2. The summed E-state index contributed by atoms with van der Waals surface area (Å²) in [6.07, 6.45) is 1.01. The fourth-order valence-corrected chi connectivity index (χ4v) is 7.17.